The van der Waals surface area contributed by atoms with E-state index in [4.69, 9.17) is 10.5 Å². The normalized spacial score (nSPS) is 24.2. The summed E-state index contributed by atoms with van der Waals surface area (Å²) in [6, 6.07) is 0.569. The Kier molecular flexibility index (Phi) is 10.5. The van der Waals surface area contributed by atoms with Crippen LogP contribution in [0.5, 0.6) is 0 Å². The highest BCUT2D eigenvalue weighted by molar-refractivity contribution is 5.85. The highest BCUT2D eigenvalue weighted by Gasteiger charge is 2.31. The van der Waals surface area contributed by atoms with Gasteiger partial charge in [-0.25, -0.2) is 0 Å². The van der Waals surface area contributed by atoms with E-state index in [9.17, 15) is 0 Å². The summed E-state index contributed by atoms with van der Waals surface area (Å²) < 4.78 is 3.86. The molecule has 0 aromatic heterocycles. The van der Waals surface area contributed by atoms with E-state index in [0.29, 0.717) is 12.5 Å². The monoisotopic (exact) mass is 195 g/mol. The molecule has 1 fully saturated rings. The molecule has 0 saturated heterocycles. The van der Waals surface area contributed by atoms with Crippen LogP contribution in [0.3, 0.4) is 0 Å². The molecule has 0 aliphatic heterocycles. The summed E-state index contributed by atoms with van der Waals surface area (Å²) in [5, 5.41) is 0. The Morgan fingerprint density at radius 2 is 2.08 bits per heavy atom. The molecule has 1 saturated carbocycles. The first-order valence-electron chi connectivity index (χ1n) is 3.98. The Morgan fingerprint density at radius 3 is 2.17 bits per heavy atom. The molecule has 2 unspecified atom stereocenters. The summed E-state index contributed by atoms with van der Waals surface area (Å²) in [5.74, 6) is 0.894. The lowest BCUT2D eigenvalue weighted by atomic mass is 10.2. The van der Waals surface area contributed by atoms with Crippen molar-refractivity contribution >= 4 is 18.9 Å². The molecule has 2 atom stereocenters. The van der Waals surface area contributed by atoms with Gasteiger partial charge in [-0.15, -0.1) is 12.4 Å². The van der Waals surface area contributed by atoms with Gasteiger partial charge in [0.2, 0.25) is 0 Å². The van der Waals surface area contributed by atoms with Gasteiger partial charge < -0.3 is 10.5 Å². The number of carbonyl (C=O) groups is 1. The lowest BCUT2D eigenvalue weighted by Crippen LogP contribution is -2.00. The van der Waals surface area contributed by atoms with E-state index in [0.717, 1.165) is 5.92 Å². The second-order valence-corrected chi connectivity index (χ2v) is 2.78. The van der Waals surface area contributed by atoms with Gasteiger partial charge >= 0.3 is 0 Å². The quantitative estimate of drug-likeness (QED) is 0.692. The van der Waals surface area contributed by atoms with Crippen LogP contribution in [0.1, 0.15) is 26.2 Å². The maximum Gasteiger partial charge on any atom is 0.292 e. The second kappa shape index (κ2) is 8.81. The fourth-order valence-electron chi connectivity index (χ4n) is 0.974. The van der Waals surface area contributed by atoms with Crippen LogP contribution in [0, 0.1) is 5.92 Å². The molecule has 0 spiro atoms. The number of halogens is 1. The number of ether oxygens (including phenoxy) is 1. The average molecular weight is 196 g/mol. The van der Waals surface area contributed by atoms with Crippen molar-refractivity contribution in [3.05, 3.63) is 0 Å². The van der Waals surface area contributed by atoms with Crippen LogP contribution in [0.25, 0.3) is 0 Å². The van der Waals surface area contributed by atoms with Gasteiger partial charge in [-0.2, -0.15) is 0 Å². The van der Waals surface area contributed by atoms with E-state index in [1.165, 1.54) is 26.4 Å². The minimum Gasteiger partial charge on any atom is -0.471 e. The van der Waals surface area contributed by atoms with Crippen LogP contribution < -0.4 is 5.73 Å². The summed E-state index contributed by atoms with van der Waals surface area (Å²) in [4.78, 5) is 8.95. The smallest absolute Gasteiger partial charge is 0.292 e. The summed E-state index contributed by atoms with van der Waals surface area (Å²) in [5.41, 5.74) is 5.55. The first-order chi connectivity index (χ1) is 5.26. The minimum atomic E-state index is 0. The summed E-state index contributed by atoms with van der Waals surface area (Å²) >= 11 is 0. The molecule has 3 nitrogen and oxygen atoms in total. The van der Waals surface area contributed by atoms with Gasteiger partial charge in [0.25, 0.3) is 6.47 Å². The van der Waals surface area contributed by atoms with E-state index in [1.807, 2.05) is 0 Å². The zero-order valence-electron chi connectivity index (χ0n) is 7.66. The zero-order chi connectivity index (χ0) is 8.69. The number of hydrogen-bond acceptors (Lipinski definition) is 3. The zero-order valence-corrected chi connectivity index (χ0v) is 8.47. The predicted octanol–water partition coefficient (Wildman–Crippen LogP) is 1.34. The number of nitrogens with two attached hydrogens (primary N) is 1. The van der Waals surface area contributed by atoms with Crippen molar-refractivity contribution in [2.24, 2.45) is 11.7 Å². The number of hydrogen-bond donors (Lipinski definition) is 1. The van der Waals surface area contributed by atoms with Crippen molar-refractivity contribution < 1.29 is 9.53 Å². The predicted molar refractivity (Wildman–Crippen MR) is 51.3 cm³/mol. The summed E-state index contributed by atoms with van der Waals surface area (Å²) in [6.45, 7) is 2.59. The van der Waals surface area contributed by atoms with Crippen molar-refractivity contribution in [2.75, 3.05) is 7.11 Å². The standard InChI is InChI=1S/C6H13N.C2H4O2.ClH/c1-2-3-5-4-6(5)7;1-4-2-3;/h5-6H,2-4,7H2,1H3;2H,1H3;1H. The number of methoxy groups -OCH3 is 1. The molecule has 1 rings (SSSR count). The Balaban J connectivity index is 0. The van der Waals surface area contributed by atoms with E-state index >= 15 is 0 Å². The molecule has 0 bridgehead atoms. The lowest BCUT2D eigenvalue weighted by Gasteiger charge is -1.86. The molecule has 4 heteroatoms. The van der Waals surface area contributed by atoms with E-state index < -0.39 is 0 Å². The van der Waals surface area contributed by atoms with Crippen LogP contribution in [-0.4, -0.2) is 19.6 Å². The van der Waals surface area contributed by atoms with Crippen molar-refractivity contribution in [2.45, 2.75) is 32.2 Å². The van der Waals surface area contributed by atoms with Gasteiger partial charge in [-0.3, -0.25) is 4.79 Å². The average Bonchev–Trinajstić information content (AvgIpc) is 2.68. The topological polar surface area (TPSA) is 52.3 Å². The van der Waals surface area contributed by atoms with E-state index in [-0.39, 0.29) is 12.4 Å². The third-order valence-corrected chi connectivity index (χ3v) is 1.73. The minimum absolute atomic E-state index is 0. The van der Waals surface area contributed by atoms with E-state index in [1.54, 1.807) is 0 Å². The van der Waals surface area contributed by atoms with Crippen molar-refractivity contribution in [3.8, 4) is 0 Å². The molecule has 1 aliphatic rings. The van der Waals surface area contributed by atoms with Gasteiger partial charge in [-0.1, -0.05) is 13.3 Å². The maximum absolute atomic E-state index is 8.95. The summed E-state index contributed by atoms with van der Waals surface area (Å²) in [7, 11) is 1.31. The number of rotatable bonds is 3. The Bertz CT molecular complexity index is 111. The fraction of sp³-hybridized carbons (Fsp3) is 0.875. The molecule has 2 N–H and O–H groups in total. The van der Waals surface area contributed by atoms with Crippen LogP contribution in [0.4, 0.5) is 0 Å². The molecular formula is C8H18ClNO2. The van der Waals surface area contributed by atoms with Gasteiger partial charge in [0.15, 0.2) is 0 Å². The highest BCUT2D eigenvalue weighted by Crippen LogP contribution is 2.31. The lowest BCUT2D eigenvalue weighted by molar-refractivity contribution is -0.126. The van der Waals surface area contributed by atoms with Crippen LogP contribution >= 0.6 is 12.4 Å². The molecule has 0 heterocycles. The second-order valence-electron chi connectivity index (χ2n) is 2.78. The third-order valence-electron chi connectivity index (χ3n) is 1.73. The Labute approximate surface area is 80.1 Å². The van der Waals surface area contributed by atoms with Gasteiger partial charge in [0.1, 0.15) is 0 Å². The Morgan fingerprint density at radius 1 is 1.67 bits per heavy atom. The van der Waals surface area contributed by atoms with Crippen LogP contribution in [-0.2, 0) is 9.53 Å². The largest absolute Gasteiger partial charge is 0.471 e. The van der Waals surface area contributed by atoms with Gasteiger partial charge in [0.05, 0.1) is 7.11 Å². The molecule has 12 heavy (non-hydrogen) atoms. The third kappa shape index (κ3) is 7.82. The van der Waals surface area contributed by atoms with Gasteiger partial charge in [0, 0.05) is 6.04 Å². The molecule has 0 aromatic carbocycles. The highest BCUT2D eigenvalue weighted by atomic mass is 35.5. The molecular weight excluding hydrogens is 178 g/mol. The van der Waals surface area contributed by atoms with Crippen molar-refractivity contribution in [1.29, 1.82) is 0 Å². The fourth-order valence-corrected chi connectivity index (χ4v) is 0.974. The number of carbonyl (C=O) groups excluding carboxylic acids is 1. The molecule has 1 aliphatic carbocycles. The van der Waals surface area contributed by atoms with Gasteiger partial charge in [-0.05, 0) is 18.8 Å². The molecule has 74 valence electrons. The first-order valence-corrected chi connectivity index (χ1v) is 3.98. The maximum atomic E-state index is 8.95. The van der Waals surface area contributed by atoms with E-state index in [2.05, 4.69) is 11.7 Å². The summed E-state index contributed by atoms with van der Waals surface area (Å²) in [6.07, 6.45) is 3.94. The molecule has 0 amide bonds. The van der Waals surface area contributed by atoms with Crippen molar-refractivity contribution in [3.63, 3.8) is 0 Å². The van der Waals surface area contributed by atoms with Crippen molar-refractivity contribution in [1.82, 2.24) is 0 Å². The Hall–Kier alpha value is -0.280. The molecule has 0 aromatic rings. The van der Waals surface area contributed by atoms with Crippen LogP contribution in [0.2, 0.25) is 0 Å². The SMILES string of the molecule is CCCC1CC1N.COC=O.Cl. The first kappa shape index (κ1) is 14.3. The van der Waals surface area contributed by atoms with Crippen LogP contribution in [0.15, 0.2) is 0 Å². The molecule has 0 radical (unpaired) electrons.